The van der Waals surface area contributed by atoms with Gasteiger partial charge in [-0.15, -0.1) is 0 Å². The molecule has 1 fully saturated rings. The van der Waals surface area contributed by atoms with Crippen molar-refractivity contribution in [1.82, 2.24) is 20.0 Å². The number of aryl methyl sites for hydroxylation is 1. The van der Waals surface area contributed by atoms with Gasteiger partial charge in [0.2, 0.25) is 0 Å². The molecule has 0 amide bonds. The monoisotopic (exact) mass is 369 g/mol. The molecule has 27 heavy (non-hydrogen) atoms. The van der Waals surface area contributed by atoms with Gasteiger partial charge < -0.3 is 16.0 Å². The van der Waals surface area contributed by atoms with Crippen molar-refractivity contribution in [2.45, 2.75) is 25.7 Å². The summed E-state index contributed by atoms with van der Waals surface area (Å²) < 4.78 is 14.6. The summed E-state index contributed by atoms with van der Waals surface area (Å²) in [5.74, 6) is 0.868. The van der Waals surface area contributed by atoms with Crippen molar-refractivity contribution in [2.75, 3.05) is 32.4 Å². The number of benzene rings is 1. The number of halogens is 1. The number of nitrogens with one attached hydrogen (secondary N) is 1. The third kappa shape index (κ3) is 4.19. The third-order valence-electron chi connectivity index (χ3n) is 4.67. The first-order chi connectivity index (χ1) is 13.1. The summed E-state index contributed by atoms with van der Waals surface area (Å²) in [6.07, 6.45) is 3.81. The number of anilines is 1. The first kappa shape index (κ1) is 18.7. The van der Waals surface area contributed by atoms with E-state index in [-0.39, 0.29) is 11.6 Å². The van der Waals surface area contributed by atoms with Crippen LogP contribution in [0.15, 0.2) is 29.3 Å². The van der Waals surface area contributed by atoms with Gasteiger partial charge in [0, 0.05) is 26.7 Å². The molecular weight excluding hydrogens is 345 g/mol. The molecule has 3 N–H and O–H groups in total. The van der Waals surface area contributed by atoms with Gasteiger partial charge in [0.05, 0.1) is 11.4 Å². The van der Waals surface area contributed by atoms with Crippen molar-refractivity contribution < 1.29 is 4.39 Å². The highest BCUT2D eigenvalue weighted by atomic mass is 19.1. The van der Waals surface area contributed by atoms with Crippen LogP contribution in [0.1, 0.15) is 30.5 Å². The van der Waals surface area contributed by atoms with Gasteiger partial charge in [0.15, 0.2) is 5.96 Å². The van der Waals surface area contributed by atoms with Gasteiger partial charge in [-0.25, -0.2) is 9.07 Å². The van der Waals surface area contributed by atoms with Crippen LogP contribution in [0.5, 0.6) is 0 Å². The molecule has 8 heteroatoms. The Morgan fingerprint density at radius 2 is 2.04 bits per heavy atom. The highest BCUT2D eigenvalue weighted by Crippen LogP contribution is 2.21. The predicted molar refractivity (Wildman–Crippen MR) is 103 cm³/mol. The van der Waals surface area contributed by atoms with Gasteiger partial charge in [-0.3, -0.25) is 4.99 Å². The van der Waals surface area contributed by atoms with Gasteiger partial charge in [0.1, 0.15) is 23.3 Å². The van der Waals surface area contributed by atoms with E-state index >= 15 is 0 Å². The van der Waals surface area contributed by atoms with E-state index in [4.69, 9.17) is 5.73 Å². The summed E-state index contributed by atoms with van der Waals surface area (Å²) in [6, 6.07) is 8.00. The molecule has 0 spiro atoms. The van der Waals surface area contributed by atoms with Gasteiger partial charge in [-0.1, -0.05) is 0 Å². The second-order valence-corrected chi connectivity index (χ2v) is 6.48. The van der Waals surface area contributed by atoms with E-state index in [1.54, 1.807) is 19.2 Å². The first-order valence-corrected chi connectivity index (χ1v) is 9.13. The number of nitrogens with zero attached hydrogens (tertiary/aromatic N) is 5. The topological polar surface area (TPSA) is 95.3 Å². The third-order valence-corrected chi connectivity index (χ3v) is 4.67. The molecule has 2 heterocycles. The van der Waals surface area contributed by atoms with E-state index in [2.05, 4.69) is 26.4 Å². The quantitative estimate of drug-likeness (QED) is 0.478. The van der Waals surface area contributed by atoms with Gasteiger partial charge in [-0.05, 0) is 49.9 Å². The maximum atomic E-state index is 13.1. The summed E-state index contributed by atoms with van der Waals surface area (Å²) >= 11 is 0. The summed E-state index contributed by atoms with van der Waals surface area (Å²) in [4.78, 5) is 6.57. The number of hydrogen-bond acceptors (Lipinski definition) is 4. The van der Waals surface area contributed by atoms with Crippen molar-refractivity contribution in [1.29, 1.82) is 5.26 Å². The Morgan fingerprint density at radius 1 is 1.33 bits per heavy atom. The summed E-state index contributed by atoms with van der Waals surface area (Å²) in [7, 11) is 1.79. The molecule has 1 aliphatic rings. The minimum atomic E-state index is -0.331. The van der Waals surface area contributed by atoms with E-state index in [9.17, 15) is 9.65 Å². The number of rotatable bonds is 5. The largest absolute Gasteiger partial charge is 0.382 e. The Bertz CT molecular complexity index is 842. The standard InChI is InChI=1S/C19H24FN7/c1-23-19(26-11-2-3-12-26)24-10-4-5-17-16(13-21)18(22)27(25-17)15-8-6-14(20)7-9-15/h6-9H,2-5,10-12,22H2,1H3,(H,23,24). The number of nitrogens with two attached hydrogens (primary N) is 1. The van der Waals surface area contributed by atoms with Crippen molar-refractivity contribution >= 4 is 11.8 Å². The fourth-order valence-electron chi connectivity index (χ4n) is 3.27. The Morgan fingerprint density at radius 3 is 2.67 bits per heavy atom. The zero-order valence-electron chi connectivity index (χ0n) is 15.5. The molecule has 142 valence electrons. The molecule has 0 atom stereocenters. The minimum absolute atomic E-state index is 0.278. The predicted octanol–water partition coefficient (Wildman–Crippen LogP) is 2.07. The van der Waals surface area contributed by atoms with Crippen LogP contribution in [-0.4, -0.2) is 47.3 Å². The second-order valence-electron chi connectivity index (χ2n) is 6.48. The molecule has 3 rings (SSSR count). The van der Waals surface area contributed by atoms with Gasteiger partial charge in [0.25, 0.3) is 0 Å². The molecular formula is C19H24FN7. The number of nitrogen functional groups attached to an aromatic ring is 1. The number of likely N-dealkylation sites (tertiary alicyclic amines) is 1. The Balaban J connectivity index is 1.64. The van der Waals surface area contributed by atoms with Gasteiger partial charge in [-0.2, -0.15) is 10.4 Å². The van der Waals surface area contributed by atoms with Crippen molar-refractivity contribution in [2.24, 2.45) is 4.99 Å². The summed E-state index contributed by atoms with van der Waals surface area (Å²) in [5, 5.41) is 17.3. The van der Waals surface area contributed by atoms with Crippen LogP contribution in [0, 0.1) is 17.1 Å². The lowest BCUT2D eigenvalue weighted by atomic mass is 10.1. The Kier molecular flexibility index (Phi) is 5.91. The summed E-state index contributed by atoms with van der Waals surface area (Å²) in [5.41, 5.74) is 7.74. The van der Waals surface area contributed by atoms with Crippen LogP contribution in [0.3, 0.4) is 0 Å². The fraction of sp³-hybridized carbons (Fsp3) is 0.421. The van der Waals surface area contributed by atoms with Crippen LogP contribution in [0.4, 0.5) is 10.2 Å². The fourth-order valence-corrected chi connectivity index (χ4v) is 3.27. The highest BCUT2D eigenvalue weighted by Gasteiger charge is 2.17. The smallest absolute Gasteiger partial charge is 0.193 e. The van der Waals surface area contributed by atoms with Crippen molar-refractivity contribution in [3.8, 4) is 11.8 Å². The molecule has 1 aromatic heterocycles. The molecule has 7 nitrogen and oxygen atoms in total. The van der Waals surface area contributed by atoms with Crippen LogP contribution in [-0.2, 0) is 6.42 Å². The molecule has 2 aromatic rings. The Labute approximate surface area is 158 Å². The first-order valence-electron chi connectivity index (χ1n) is 9.13. The van der Waals surface area contributed by atoms with Crippen LogP contribution < -0.4 is 11.1 Å². The minimum Gasteiger partial charge on any atom is -0.382 e. The molecule has 0 saturated carbocycles. The average molecular weight is 369 g/mol. The number of hydrogen-bond donors (Lipinski definition) is 2. The number of aromatic nitrogens is 2. The number of nitriles is 1. The molecule has 1 aliphatic heterocycles. The van der Waals surface area contributed by atoms with E-state index in [1.165, 1.54) is 29.7 Å². The molecule has 0 radical (unpaired) electrons. The molecule has 0 aliphatic carbocycles. The molecule has 1 saturated heterocycles. The van der Waals surface area contributed by atoms with E-state index in [1.807, 2.05) is 0 Å². The maximum Gasteiger partial charge on any atom is 0.193 e. The molecule has 1 aromatic carbocycles. The SMILES string of the molecule is CN=C(NCCCc1nn(-c2ccc(F)cc2)c(N)c1C#N)N1CCCC1. The van der Waals surface area contributed by atoms with Crippen molar-refractivity contribution in [3.05, 3.63) is 41.3 Å². The zero-order valence-corrected chi connectivity index (χ0v) is 15.5. The lowest BCUT2D eigenvalue weighted by Gasteiger charge is -2.20. The molecule has 0 unspecified atom stereocenters. The van der Waals surface area contributed by atoms with Crippen LogP contribution in [0.2, 0.25) is 0 Å². The average Bonchev–Trinajstić information content (AvgIpc) is 3.31. The number of guanidine groups is 1. The number of aliphatic imine (C=N–C) groups is 1. The molecule has 0 bridgehead atoms. The van der Waals surface area contributed by atoms with Gasteiger partial charge >= 0.3 is 0 Å². The summed E-state index contributed by atoms with van der Waals surface area (Å²) in [6.45, 7) is 2.81. The zero-order chi connectivity index (χ0) is 19.2. The van der Waals surface area contributed by atoms with Crippen molar-refractivity contribution in [3.63, 3.8) is 0 Å². The van der Waals surface area contributed by atoms with Crippen LogP contribution >= 0.6 is 0 Å². The lowest BCUT2D eigenvalue weighted by molar-refractivity contribution is 0.492. The van der Waals surface area contributed by atoms with E-state index < -0.39 is 0 Å². The Hall–Kier alpha value is -3.08. The normalized spacial score (nSPS) is 14.4. The lowest BCUT2D eigenvalue weighted by Crippen LogP contribution is -2.40. The maximum absolute atomic E-state index is 13.1. The highest BCUT2D eigenvalue weighted by molar-refractivity contribution is 5.80. The second kappa shape index (κ2) is 8.54. The van der Waals surface area contributed by atoms with E-state index in [0.29, 0.717) is 23.4 Å². The van der Waals surface area contributed by atoms with E-state index in [0.717, 1.165) is 32.0 Å². The van der Waals surface area contributed by atoms with Crippen LogP contribution in [0.25, 0.3) is 5.69 Å².